The molecule has 5 nitrogen and oxygen atoms in total. The Hall–Kier alpha value is -4.00. The van der Waals surface area contributed by atoms with Crippen LogP contribution < -0.4 is 15.5 Å². The van der Waals surface area contributed by atoms with Crippen molar-refractivity contribution in [3.8, 4) is 0 Å². The first-order chi connectivity index (χ1) is 14.8. The number of carbonyl (C=O) groups is 2. The van der Waals surface area contributed by atoms with Gasteiger partial charge in [0.05, 0.1) is 5.56 Å². The summed E-state index contributed by atoms with van der Waals surface area (Å²) in [5.74, 6) is -2.67. The standard InChI is InChI=1S/C24H21F2N3O2/c1-29(2)19-12-10-16(11-13-19)14-22(24(31)27-18-7-5-6-17(25)15-18)28-23(30)20-8-3-4-9-21(20)26/h3-15H,1-2H3,(H,27,31)(H,28,30). The van der Waals surface area contributed by atoms with E-state index in [4.69, 9.17) is 0 Å². The van der Waals surface area contributed by atoms with Gasteiger partial charge in [-0.1, -0.05) is 30.3 Å². The van der Waals surface area contributed by atoms with Crippen molar-refractivity contribution in [2.24, 2.45) is 0 Å². The van der Waals surface area contributed by atoms with Crippen LogP contribution in [0.5, 0.6) is 0 Å². The largest absolute Gasteiger partial charge is 0.378 e. The van der Waals surface area contributed by atoms with Gasteiger partial charge in [-0.15, -0.1) is 0 Å². The molecule has 0 heterocycles. The second-order valence-corrected chi connectivity index (χ2v) is 6.94. The van der Waals surface area contributed by atoms with Crippen LogP contribution in [0.1, 0.15) is 15.9 Å². The van der Waals surface area contributed by atoms with Gasteiger partial charge < -0.3 is 15.5 Å². The van der Waals surface area contributed by atoms with Gasteiger partial charge in [-0.3, -0.25) is 9.59 Å². The number of hydrogen-bond acceptors (Lipinski definition) is 3. The Morgan fingerprint density at radius 1 is 0.903 bits per heavy atom. The van der Waals surface area contributed by atoms with Gasteiger partial charge in [-0.05, 0) is 54.1 Å². The second-order valence-electron chi connectivity index (χ2n) is 6.94. The van der Waals surface area contributed by atoms with Crippen molar-refractivity contribution in [3.05, 3.63) is 101 Å². The van der Waals surface area contributed by atoms with Crippen molar-refractivity contribution in [2.45, 2.75) is 0 Å². The number of nitrogens with zero attached hydrogens (tertiary/aromatic N) is 1. The number of anilines is 2. The minimum Gasteiger partial charge on any atom is -0.378 e. The Balaban J connectivity index is 1.91. The Morgan fingerprint density at radius 2 is 1.61 bits per heavy atom. The van der Waals surface area contributed by atoms with Crippen LogP contribution in [0.3, 0.4) is 0 Å². The Kier molecular flexibility index (Phi) is 6.77. The van der Waals surface area contributed by atoms with Gasteiger partial charge in [0.15, 0.2) is 0 Å². The van der Waals surface area contributed by atoms with Crippen LogP contribution in [-0.4, -0.2) is 25.9 Å². The molecular weight excluding hydrogens is 400 g/mol. The zero-order chi connectivity index (χ0) is 22.4. The maximum atomic E-state index is 14.0. The lowest BCUT2D eigenvalue weighted by Crippen LogP contribution is -2.31. The van der Waals surface area contributed by atoms with E-state index in [-0.39, 0.29) is 16.9 Å². The maximum absolute atomic E-state index is 14.0. The molecule has 3 aromatic rings. The molecule has 0 aliphatic carbocycles. The number of hydrogen-bond donors (Lipinski definition) is 2. The highest BCUT2D eigenvalue weighted by Gasteiger charge is 2.17. The minimum atomic E-state index is -0.774. The number of rotatable bonds is 6. The summed E-state index contributed by atoms with van der Waals surface area (Å²) < 4.78 is 27.5. The van der Waals surface area contributed by atoms with E-state index < -0.39 is 23.4 Å². The van der Waals surface area contributed by atoms with Crippen molar-refractivity contribution in [1.29, 1.82) is 0 Å². The average molecular weight is 421 g/mol. The molecule has 0 unspecified atom stereocenters. The highest BCUT2D eigenvalue weighted by atomic mass is 19.1. The first kappa shape index (κ1) is 21.7. The topological polar surface area (TPSA) is 61.4 Å². The molecule has 7 heteroatoms. The molecule has 3 rings (SSSR count). The van der Waals surface area contributed by atoms with E-state index in [0.29, 0.717) is 5.56 Å². The maximum Gasteiger partial charge on any atom is 0.272 e. The normalized spacial score (nSPS) is 11.0. The smallest absolute Gasteiger partial charge is 0.272 e. The Morgan fingerprint density at radius 3 is 2.26 bits per heavy atom. The van der Waals surface area contributed by atoms with Gasteiger partial charge in [0.1, 0.15) is 17.3 Å². The van der Waals surface area contributed by atoms with Crippen LogP contribution >= 0.6 is 0 Å². The summed E-state index contributed by atoms with van der Waals surface area (Å²) in [6, 6.07) is 18.1. The number of carbonyl (C=O) groups excluding carboxylic acids is 2. The highest BCUT2D eigenvalue weighted by molar-refractivity contribution is 6.10. The fourth-order valence-corrected chi connectivity index (χ4v) is 2.79. The molecule has 0 fully saturated rings. The second kappa shape index (κ2) is 9.67. The van der Waals surface area contributed by atoms with Crippen LogP contribution in [0.15, 0.2) is 78.5 Å². The van der Waals surface area contributed by atoms with Crippen molar-refractivity contribution in [1.82, 2.24) is 5.32 Å². The molecular formula is C24H21F2N3O2. The zero-order valence-electron chi connectivity index (χ0n) is 17.0. The van der Waals surface area contributed by atoms with Gasteiger partial charge in [0, 0.05) is 25.5 Å². The van der Waals surface area contributed by atoms with E-state index in [9.17, 15) is 18.4 Å². The number of nitrogens with one attached hydrogen (secondary N) is 2. The van der Waals surface area contributed by atoms with Gasteiger partial charge in [0.2, 0.25) is 0 Å². The van der Waals surface area contributed by atoms with E-state index in [0.717, 1.165) is 17.8 Å². The van der Waals surface area contributed by atoms with Crippen molar-refractivity contribution in [2.75, 3.05) is 24.3 Å². The third-order valence-electron chi connectivity index (χ3n) is 4.41. The summed E-state index contributed by atoms with van der Waals surface area (Å²) in [6.45, 7) is 0. The molecule has 0 atom stereocenters. The van der Waals surface area contributed by atoms with Crippen LogP contribution in [0, 0.1) is 11.6 Å². The van der Waals surface area contributed by atoms with Crippen LogP contribution in [0.25, 0.3) is 6.08 Å². The zero-order valence-corrected chi connectivity index (χ0v) is 17.0. The molecule has 0 saturated heterocycles. The average Bonchev–Trinajstić information content (AvgIpc) is 2.74. The lowest BCUT2D eigenvalue weighted by atomic mass is 10.1. The minimum absolute atomic E-state index is 0.116. The molecule has 0 spiro atoms. The molecule has 2 amide bonds. The van der Waals surface area contributed by atoms with E-state index >= 15 is 0 Å². The highest BCUT2D eigenvalue weighted by Crippen LogP contribution is 2.16. The van der Waals surface area contributed by atoms with Crippen LogP contribution in [0.4, 0.5) is 20.2 Å². The van der Waals surface area contributed by atoms with Crippen LogP contribution in [0.2, 0.25) is 0 Å². The fourth-order valence-electron chi connectivity index (χ4n) is 2.79. The predicted octanol–water partition coefficient (Wildman–Crippen LogP) is 4.44. The van der Waals surface area contributed by atoms with Crippen molar-refractivity contribution in [3.63, 3.8) is 0 Å². The van der Waals surface area contributed by atoms with Crippen molar-refractivity contribution >= 4 is 29.3 Å². The number of halogens is 2. The fraction of sp³-hybridized carbons (Fsp3) is 0.0833. The lowest BCUT2D eigenvalue weighted by Gasteiger charge is -2.13. The predicted molar refractivity (Wildman–Crippen MR) is 118 cm³/mol. The lowest BCUT2D eigenvalue weighted by molar-refractivity contribution is -0.113. The molecule has 3 aromatic carbocycles. The summed E-state index contributed by atoms with van der Waals surface area (Å²) in [7, 11) is 3.80. The Bertz CT molecular complexity index is 1130. The van der Waals surface area contributed by atoms with E-state index in [1.807, 2.05) is 31.1 Å². The van der Waals surface area contributed by atoms with Gasteiger partial charge in [0.25, 0.3) is 11.8 Å². The van der Waals surface area contributed by atoms with Crippen LogP contribution in [-0.2, 0) is 4.79 Å². The molecule has 0 aliphatic rings. The first-order valence-electron chi connectivity index (χ1n) is 9.45. The monoisotopic (exact) mass is 421 g/mol. The molecule has 0 bridgehead atoms. The quantitative estimate of drug-likeness (QED) is 0.579. The molecule has 0 aliphatic heterocycles. The summed E-state index contributed by atoms with van der Waals surface area (Å²) >= 11 is 0. The van der Waals surface area contributed by atoms with E-state index in [1.165, 1.54) is 42.5 Å². The molecule has 0 radical (unpaired) electrons. The Labute approximate surface area is 179 Å². The molecule has 158 valence electrons. The van der Waals surface area contributed by atoms with Crippen molar-refractivity contribution < 1.29 is 18.4 Å². The van der Waals surface area contributed by atoms with E-state index in [1.54, 1.807) is 12.1 Å². The molecule has 0 saturated carbocycles. The molecule has 31 heavy (non-hydrogen) atoms. The van der Waals surface area contributed by atoms with E-state index in [2.05, 4.69) is 10.6 Å². The number of benzene rings is 3. The first-order valence-corrected chi connectivity index (χ1v) is 9.45. The van der Waals surface area contributed by atoms with Gasteiger partial charge in [-0.2, -0.15) is 0 Å². The van der Waals surface area contributed by atoms with Gasteiger partial charge >= 0.3 is 0 Å². The third kappa shape index (κ3) is 5.76. The molecule has 2 N–H and O–H groups in total. The summed E-state index contributed by atoms with van der Waals surface area (Å²) in [4.78, 5) is 27.3. The SMILES string of the molecule is CN(C)c1ccc(C=C(NC(=O)c2ccccc2F)C(=O)Nc2cccc(F)c2)cc1. The third-order valence-corrected chi connectivity index (χ3v) is 4.41. The molecule has 0 aromatic heterocycles. The number of amides is 2. The summed E-state index contributed by atoms with van der Waals surface area (Å²) in [5.41, 5.74) is 1.51. The van der Waals surface area contributed by atoms with Gasteiger partial charge in [-0.25, -0.2) is 8.78 Å². The summed E-state index contributed by atoms with van der Waals surface area (Å²) in [5, 5.41) is 5.00. The summed E-state index contributed by atoms with van der Waals surface area (Å²) in [6.07, 6.45) is 1.47.